The molecule has 1 aromatic carbocycles. The van der Waals surface area contributed by atoms with Gasteiger partial charge in [-0.15, -0.1) is 0 Å². The molecule has 0 bridgehead atoms. The lowest BCUT2D eigenvalue weighted by atomic mass is 9.88. The van der Waals surface area contributed by atoms with Crippen LogP contribution in [0, 0.1) is 0 Å². The number of likely N-dealkylation sites (tertiary alicyclic amines) is 1. The van der Waals surface area contributed by atoms with E-state index in [9.17, 15) is 4.79 Å². The Hall–Kier alpha value is -0.480. The van der Waals surface area contributed by atoms with Gasteiger partial charge in [0.25, 0.3) is 0 Å². The summed E-state index contributed by atoms with van der Waals surface area (Å²) in [6.45, 7) is 2.38. The molecule has 1 amide bonds. The molecular formula is C19H26Cl3N2O-. The highest BCUT2D eigenvalue weighted by Gasteiger charge is 2.35. The van der Waals surface area contributed by atoms with Gasteiger partial charge in [-0.3, -0.25) is 9.69 Å². The van der Waals surface area contributed by atoms with Crippen molar-refractivity contribution in [2.24, 2.45) is 0 Å². The predicted molar refractivity (Wildman–Crippen MR) is 99.8 cm³/mol. The summed E-state index contributed by atoms with van der Waals surface area (Å²) in [6.07, 6.45) is 7.82. The van der Waals surface area contributed by atoms with E-state index in [4.69, 9.17) is 23.2 Å². The van der Waals surface area contributed by atoms with Gasteiger partial charge in [-0.25, -0.2) is 0 Å². The molecule has 0 unspecified atom stereocenters. The Balaban J connectivity index is 0.00000225. The summed E-state index contributed by atoms with van der Waals surface area (Å²) in [5.41, 5.74) is 0.926. The van der Waals surface area contributed by atoms with E-state index in [0.717, 1.165) is 12.0 Å². The molecule has 1 saturated heterocycles. The number of carbonyl (C=O) groups is 1. The van der Waals surface area contributed by atoms with Gasteiger partial charge in [-0.1, -0.05) is 42.1 Å². The van der Waals surface area contributed by atoms with Gasteiger partial charge in [0.05, 0.1) is 16.5 Å². The average molecular weight is 405 g/mol. The Kier molecular flexibility index (Phi) is 7.88. The summed E-state index contributed by atoms with van der Waals surface area (Å²) in [7, 11) is 1.97. The van der Waals surface area contributed by atoms with Gasteiger partial charge in [0, 0.05) is 19.1 Å². The molecule has 3 nitrogen and oxygen atoms in total. The summed E-state index contributed by atoms with van der Waals surface area (Å²) in [4.78, 5) is 17.4. The molecule has 1 saturated carbocycles. The molecule has 1 aliphatic carbocycles. The summed E-state index contributed by atoms with van der Waals surface area (Å²) in [5, 5.41) is 1.04. The molecular weight excluding hydrogens is 379 g/mol. The predicted octanol–water partition coefficient (Wildman–Crippen LogP) is 1.41. The number of hydrogen-bond donors (Lipinski definition) is 0. The Morgan fingerprint density at radius 3 is 2.48 bits per heavy atom. The number of halogens is 3. The number of likely N-dealkylation sites (N-methyl/N-ethyl adjacent to an activating group) is 1. The van der Waals surface area contributed by atoms with Crippen molar-refractivity contribution in [3.8, 4) is 0 Å². The van der Waals surface area contributed by atoms with Crippen LogP contribution < -0.4 is 12.4 Å². The van der Waals surface area contributed by atoms with Crippen molar-refractivity contribution in [3.05, 3.63) is 33.8 Å². The molecule has 1 aliphatic heterocycles. The van der Waals surface area contributed by atoms with Crippen LogP contribution >= 0.6 is 23.2 Å². The number of carbonyl (C=O) groups excluding carboxylic acids is 1. The smallest absolute Gasteiger partial charge is 0.227 e. The maximum atomic E-state index is 12.8. The molecule has 1 heterocycles. The maximum Gasteiger partial charge on any atom is 0.227 e. The van der Waals surface area contributed by atoms with Gasteiger partial charge in [-0.05, 0) is 56.5 Å². The first-order valence-electron chi connectivity index (χ1n) is 9.00. The lowest BCUT2D eigenvalue weighted by Crippen LogP contribution is -3.00. The Morgan fingerprint density at radius 2 is 1.80 bits per heavy atom. The van der Waals surface area contributed by atoms with Crippen LogP contribution in [0.5, 0.6) is 0 Å². The first kappa shape index (κ1) is 20.8. The number of hydrogen-bond acceptors (Lipinski definition) is 2. The van der Waals surface area contributed by atoms with Crippen molar-refractivity contribution >= 4 is 29.1 Å². The van der Waals surface area contributed by atoms with Crippen LogP contribution in [0.4, 0.5) is 0 Å². The molecule has 6 heteroatoms. The van der Waals surface area contributed by atoms with Crippen LogP contribution in [0.15, 0.2) is 18.2 Å². The van der Waals surface area contributed by atoms with Gasteiger partial charge >= 0.3 is 0 Å². The maximum absolute atomic E-state index is 12.8. The second kappa shape index (κ2) is 9.45. The normalized spacial score (nSPS) is 24.0. The molecule has 1 aromatic rings. The van der Waals surface area contributed by atoms with E-state index in [1.807, 2.05) is 18.0 Å². The number of rotatable bonds is 4. The fourth-order valence-electron chi connectivity index (χ4n) is 4.18. The van der Waals surface area contributed by atoms with Crippen molar-refractivity contribution in [2.45, 2.75) is 57.0 Å². The lowest BCUT2D eigenvalue weighted by molar-refractivity contribution is -0.133. The van der Waals surface area contributed by atoms with Crippen LogP contribution in [-0.4, -0.2) is 47.9 Å². The van der Waals surface area contributed by atoms with E-state index >= 15 is 0 Å². The zero-order chi connectivity index (χ0) is 17.1. The number of nitrogens with zero attached hydrogens (tertiary/aromatic N) is 2. The van der Waals surface area contributed by atoms with E-state index < -0.39 is 0 Å². The molecule has 140 valence electrons. The zero-order valence-corrected chi connectivity index (χ0v) is 17.0. The summed E-state index contributed by atoms with van der Waals surface area (Å²) in [6, 6.07) is 6.32. The van der Waals surface area contributed by atoms with Crippen molar-refractivity contribution in [1.29, 1.82) is 0 Å². The fraction of sp³-hybridized carbons (Fsp3) is 0.632. The molecule has 0 radical (unpaired) electrons. The highest BCUT2D eigenvalue weighted by Crippen LogP contribution is 2.29. The molecule has 25 heavy (non-hydrogen) atoms. The van der Waals surface area contributed by atoms with E-state index in [1.54, 1.807) is 12.1 Å². The van der Waals surface area contributed by atoms with Crippen molar-refractivity contribution in [2.75, 3.05) is 20.1 Å². The minimum absolute atomic E-state index is 0. The van der Waals surface area contributed by atoms with E-state index in [-0.39, 0.29) is 18.3 Å². The third-order valence-corrected chi connectivity index (χ3v) is 6.27. The van der Waals surface area contributed by atoms with Crippen molar-refractivity contribution in [1.82, 2.24) is 9.80 Å². The van der Waals surface area contributed by atoms with Crippen LogP contribution in [0.25, 0.3) is 0 Å². The largest absolute Gasteiger partial charge is 1.00 e. The highest BCUT2D eigenvalue weighted by molar-refractivity contribution is 6.42. The molecule has 2 aliphatic rings. The summed E-state index contributed by atoms with van der Waals surface area (Å²) >= 11 is 12.0. The third-order valence-electron chi connectivity index (χ3n) is 5.53. The van der Waals surface area contributed by atoms with Gasteiger partial charge < -0.3 is 17.3 Å². The topological polar surface area (TPSA) is 23.6 Å². The highest BCUT2D eigenvalue weighted by atomic mass is 35.5. The Labute approximate surface area is 167 Å². The quantitative estimate of drug-likeness (QED) is 0.757. The van der Waals surface area contributed by atoms with Gasteiger partial charge in [0.2, 0.25) is 5.91 Å². The number of amides is 1. The van der Waals surface area contributed by atoms with E-state index in [1.165, 1.54) is 45.2 Å². The minimum Gasteiger partial charge on any atom is -1.00 e. The van der Waals surface area contributed by atoms with Crippen LogP contribution in [-0.2, 0) is 11.2 Å². The van der Waals surface area contributed by atoms with Crippen LogP contribution in [0.2, 0.25) is 10.0 Å². The molecule has 0 N–H and O–H groups in total. The van der Waals surface area contributed by atoms with Gasteiger partial charge in [0.15, 0.2) is 0 Å². The fourth-order valence-corrected chi connectivity index (χ4v) is 4.50. The minimum atomic E-state index is 0. The first-order valence-corrected chi connectivity index (χ1v) is 9.75. The summed E-state index contributed by atoms with van der Waals surface area (Å²) in [5.74, 6) is 0.171. The molecule has 0 spiro atoms. The molecule has 2 fully saturated rings. The second-order valence-electron chi connectivity index (χ2n) is 7.09. The Morgan fingerprint density at radius 1 is 1.12 bits per heavy atom. The number of benzene rings is 1. The Bertz CT molecular complexity index is 590. The molecule has 3 rings (SSSR count). The standard InChI is InChI=1S/C19H26Cl2N2O.ClH/c1-22(19(24)13-14-8-9-15(20)16(21)12-14)17-6-2-3-7-18(17)23-10-4-5-11-23;/h8-9,12,17-18H,2-7,10-11,13H2,1H3;1H/p-1/t17-,18-;/m0./s1. The van der Waals surface area contributed by atoms with Gasteiger partial charge in [-0.2, -0.15) is 0 Å². The van der Waals surface area contributed by atoms with E-state index in [2.05, 4.69) is 4.90 Å². The molecule has 2 atom stereocenters. The van der Waals surface area contributed by atoms with E-state index in [0.29, 0.717) is 28.5 Å². The third kappa shape index (κ3) is 5.03. The zero-order valence-electron chi connectivity index (χ0n) is 14.7. The summed E-state index contributed by atoms with van der Waals surface area (Å²) < 4.78 is 0. The van der Waals surface area contributed by atoms with Crippen LogP contribution in [0.1, 0.15) is 44.1 Å². The molecule has 0 aromatic heterocycles. The van der Waals surface area contributed by atoms with Crippen molar-refractivity contribution in [3.63, 3.8) is 0 Å². The van der Waals surface area contributed by atoms with Gasteiger partial charge in [0.1, 0.15) is 0 Å². The lowest BCUT2D eigenvalue weighted by Gasteiger charge is -2.42. The van der Waals surface area contributed by atoms with Crippen LogP contribution in [0.3, 0.4) is 0 Å². The second-order valence-corrected chi connectivity index (χ2v) is 7.91. The first-order chi connectivity index (χ1) is 11.6. The monoisotopic (exact) mass is 403 g/mol. The van der Waals surface area contributed by atoms with Crippen molar-refractivity contribution < 1.29 is 17.2 Å². The SMILES string of the molecule is CN(C(=O)Cc1ccc(Cl)c(Cl)c1)[C@H]1CCCC[C@@H]1N1CCCC1.[Cl-]. The average Bonchev–Trinajstić information content (AvgIpc) is 3.12.